The maximum atomic E-state index is 11.6. The van der Waals surface area contributed by atoms with Crippen molar-refractivity contribution in [3.63, 3.8) is 0 Å². The molecular weight excluding hydrogens is 268 g/mol. The summed E-state index contributed by atoms with van der Waals surface area (Å²) in [5.74, 6) is 1.55. The lowest BCUT2D eigenvalue weighted by Crippen LogP contribution is -2.44. The minimum atomic E-state index is -0.237. The summed E-state index contributed by atoms with van der Waals surface area (Å²) in [4.78, 5) is 18.5. The van der Waals surface area contributed by atoms with Crippen molar-refractivity contribution in [1.29, 1.82) is 0 Å². The molecule has 2 aromatic rings. The predicted molar refractivity (Wildman–Crippen MR) is 81.9 cm³/mol. The average molecular weight is 290 g/mol. The van der Waals surface area contributed by atoms with Gasteiger partial charge in [0.05, 0.1) is 0 Å². The number of rotatable bonds is 4. The van der Waals surface area contributed by atoms with Gasteiger partial charge in [-0.1, -0.05) is 6.42 Å². The molecule has 3 rings (SSSR count). The third kappa shape index (κ3) is 2.78. The van der Waals surface area contributed by atoms with Crippen LogP contribution in [-0.4, -0.2) is 45.3 Å². The van der Waals surface area contributed by atoms with Gasteiger partial charge in [0.15, 0.2) is 5.65 Å². The zero-order valence-corrected chi connectivity index (χ0v) is 12.6. The Morgan fingerprint density at radius 1 is 1.48 bits per heavy atom. The monoisotopic (exact) mass is 290 g/mol. The number of piperidine rings is 1. The van der Waals surface area contributed by atoms with Crippen molar-refractivity contribution in [1.82, 2.24) is 24.9 Å². The SMILES string of the molecule is CCN(CC1CCCCN1)c1cc2n[nH]c(=O)n2c(C)n1. The van der Waals surface area contributed by atoms with Gasteiger partial charge in [-0.3, -0.25) is 0 Å². The van der Waals surface area contributed by atoms with Crippen LogP contribution in [0.2, 0.25) is 0 Å². The van der Waals surface area contributed by atoms with Gasteiger partial charge < -0.3 is 10.2 Å². The van der Waals surface area contributed by atoms with Gasteiger partial charge in [0.25, 0.3) is 0 Å². The highest BCUT2D eigenvalue weighted by Gasteiger charge is 2.18. The van der Waals surface area contributed by atoms with E-state index in [0.29, 0.717) is 17.5 Å². The molecule has 0 amide bonds. The molecule has 2 aromatic heterocycles. The smallest absolute Gasteiger partial charge is 0.349 e. The Morgan fingerprint density at radius 3 is 3.05 bits per heavy atom. The van der Waals surface area contributed by atoms with E-state index in [0.717, 1.165) is 25.5 Å². The number of aromatic amines is 1. The molecule has 0 radical (unpaired) electrons. The second-order valence-corrected chi connectivity index (χ2v) is 5.57. The van der Waals surface area contributed by atoms with Gasteiger partial charge in [-0.25, -0.2) is 19.3 Å². The van der Waals surface area contributed by atoms with Crippen LogP contribution in [0.3, 0.4) is 0 Å². The summed E-state index contributed by atoms with van der Waals surface area (Å²) >= 11 is 0. The summed E-state index contributed by atoms with van der Waals surface area (Å²) in [7, 11) is 0. The van der Waals surface area contributed by atoms with E-state index in [-0.39, 0.29) is 5.69 Å². The van der Waals surface area contributed by atoms with Gasteiger partial charge in [-0.2, -0.15) is 5.10 Å². The highest BCUT2D eigenvalue weighted by atomic mass is 16.1. The summed E-state index contributed by atoms with van der Waals surface area (Å²) in [6.45, 7) is 6.88. The first-order valence-electron chi connectivity index (χ1n) is 7.62. The van der Waals surface area contributed by atoms with Crippen molar-refractivity contribution < 1.29 is 0 Å². The predicted octanol–water partition coefficient (Wildman–Crippen LogP) is 0.694. The van der Waals surface area contributed by atoms with Crippen LogP contribution in [0.4, 0.5) is 5.82 Å². The van der Waals surface area contributed by atoms with Gasteiger partial charge in [0.2, 0.25) is 0 Å². The summed E-state index contributed by atoms with van der Waals surface area (Å²) in [5.41, 5.74) is 0.385. The standard InChI is InChI=1S/C14H22N6O/c1-3-19(9-11-6-4-5-7-15-11)12-8-13-17-18-14(21)20(13)10(2)16-12/h8,11,15H,3-7,9H2,1-2H3,(H,18,21). The van der Waals surface area contributed by atoms with Crippen molar-refractivity contribution in [2.45, 2.75) is 39.2 Å². The molecule has 3 heterocycles. The summed E-state index contributed by atoms with van der Waals surface area (Å²) < 4.78 is 1.50. The topological polar surface area (TPSA) is 78.3 Å². The van der Waals surface area contributed by atoms with Crippen LogP contribution in [0, 0.1) is 6.92 Å². The molecule has 0 saturated carbocycles. The first-order valence-corrected chi connectivity index (χ1v) is 7.62. The Bertz CT molecular complexity index is 670. The Balaban J connectivity index is 1.87. The number of nitrogens with zero attached hydrogens (tertiary/aromatic N) is 4. The quantitative estimate of drug-likeness (QED) is 0.866. The molecule has 1 atom stereocenters. The molecule has 114 valence electrons. The van der Waals surface area contributed by atoms with E-state index in [4.69, 9.17) is 0 Å². The van der Waals surface area contributed by atoms with E-state index < -0.39 is 0 Å². The fraction of sp³-hybridized carbons (Fsp3) is 0.643. The molecule has 0 bridgehead atoms. The maximum absolute atomic E-state index is 11.6. The third-order valence-corrected chi connectivity index (χ3v) is 4.12. The zero-order chi connectivity index (χ0) is 14.8. The second kappa shape index (κ2) is 5.85. The summed E-state index contributed by atoms with van der Waals surface area (Å²) in [6.07, 6.45) is 3.76. The van der Waals surface area contributed by atoms with Crippen molar-refractivity contribution in [2.24, 2.45) is 0 Å². The Morgan fingerprint density at radius 2 is 2.33 bits per heavy atom. The zero-order valence-electron chi connectivity index (χ0n) is 12.6. The number of H-pyrrole nitrogens is 1. The number of hydrogen-bond acceptors (Lipinski definition) is 5. The first-order chi connectivity index (χ1) is 10.2. The van der Waals surface area contributed by atoms with Gasteiger partial charge in [-0.15, -0.1) is 0 Å². The van der Waals surface area contributed by atoms with Gasteiger partial charge >= 0.3 is 5.69 Å². The van der Waals surface area contributed by atoms with Crippen LogP contribution in [0.1, 0.15) is 32.0 Å². The molecule has 1 fully saturated rings. The van der Waals surface area contributed by atoms with E-state index >= 15 is 0 Å². The Labute approximate surface area is 123 Å². The molecule has 7 heteroatoms. The Kier molecular flexibility index (Phi) is 3.92. The van der Waals surface area contributed by atoms with Crippen molar-refractivity contribution in [3.05, 3.63) is 22.4 Å². The van der Waals surface area contributed by atoms with Crippen LogP contribution in [0.15, 0.2) is 10.9 Å². The number of hydrogen-bond donors (Lipinski definition) is 2. The highest BCUT2D eigenvalue weighted by molar-refractivity contribution is 5.51. The van der Waals surface area contributed by atoms with Crippen LogP contribution in [0.5, 0.6) is 0 Å². The second-order valence-electron chi connectivity index (χ2n) is 5.57. The summed E-state index contributed by atoms with van der Waals surface area (Å²) in [6, 6.07) is 2.38. The van der Waals surface area contributed by atoms with E-state index in [2.05, 4.69) is 32.3 Å². The number of fused-ring (bicyclic) bond motifs is 1. The fourth-order valence-electron chi connectivity index (χ4n) is 2.97. The molecule has 1 aliphatic heterocycles. The lowest BCUT2D eigenvalue weighted by atomic mass is 10.0. The number of likely N-dealkylation sites (N-methyl/N-ethyl adjacent to an activating group) is 1. The van der Waals surface area contributed by atoms with E-state index in [1.165, 1.54) is 23.7 Å². The maximum Gasteiger partial charge on any atom is 0.349 e. The highest BCUT2D eigenvalue weighted by Crippen LogP contribution is 2.16. The molecule has 7 nitrogen and oxygen atoms in total. The van der Waals surface area contributed by atoms with Crippen LogP contribution in [0.25, 0.3) is 5.65 Å². The molecule has 0 aromatic carbocycles. The Hall–Kier alpha value is -1.89. The van der Waals surface area contributed by atoms with Gasteiger partial charge in [0, 0.05) is 25.2 Å². The number of aryl methyl sites for hydroxylation is 1. The van der Waals surface area contributed by atoms with Crippen LogP contribution in [-0.2, 0) is 0 Å². The van der Waals surface area contributed by atoms with Crippen LogP contribution < -0.4 is 15.9 Å². The number of nitrogens with one attached hydrogen (secondary N) is 2. The number of anilines is 1. The van der Waals surface area contributed by atoms with Crippen molar-refractivity contribution in [3.8, 4) is 0 Å². The molecule has 0 spiro atoms. The van der Waals surface area contributed by atoms with E-state index in [9.17, 15) is 4.79 Å². The largest absolute Gasteiger partial charge is 0.355 e. The van der Waals surface area contributed by atoms with E-state index in [1.54, 1.807) is 0 Å². The molecule has 21 heavy (non-hydrogen) atoms. The lowest BCUT2D eigenvalue weighted by Gasteiger charge is -2.30. The number of aromatic nitrogens is 4. The average Bonchev–Trinajstić information content (AvgIpc) is 2.87. The normalized spacial score (nSPS) is 19.0. The molecule has 2 N–H and O–H groups in total. The summed E-state index contributed by atoms with van der Waals surface area (Å²) in [5, 5.41) is 10.1. The molecular formula is C14H22N6O. The fourth-order valence-corrected chi connectivity index (χ4v) is 2.97. The van der Waals surface area contributed by atoms with Crippen molar-refractivity contribution in [2.75, 3.05) is 24.5 Å². The van der Waals surface area contributed by atoms with Gasteiger partial charge in [0.1, 0.15) is 11.6 Å². The first kappa shape index (κ1) is 14.1. The minimum Gasteiger partial charge on any atom is -0.355 e. The van der Waals surface area contributed by atoms with E-state index in [1.807, 2.05) is 13.0 Å². The van der Waals surface area contributed by atoms with Crippen LogP contribution >= 0.6 is 0 Å². The van der Waals surface area contributed by atoms with Crippen molar-refractivity contribution >= 4 is 11.5 Å². The minimum absolute atomic E-state index is 0.237. The molecule has 1 unspecified atom stereocenters. The third-order valence-electron chi connectivity index (χ3n) is 4.12. The molecule has 0 aliphatic carbocycles. The molecule has 1 saturated heterocycles. The molecule has 1 aliphatic rings. The van der Waals surface area contributed by atoms with Gasteiger partial charge in [-0.05, 0) is 33.2 Å². The lowest BCUT2D eigenvalue weighted by molar-refractivity contribution is 0.399.